The van der Waals surface area contributed by atoms with Crippen LogP contribution in [0.25, 0.3) is 11.1 Å². The molecule has 23 heavy (non-hydrogen) atoms. The summed E-state index contributed by atoms with van der Waals surface area (Å²) in [6.07, 6.45) is 0.902. The fraction of sp³-hybridized carbons (Fsp3) is 0.529. The zero-order chi connectivity index (χ0) is 16.2. The topological polar surface area (TPSA) is 69.8 Å². The lowest BCUT2D eigenvalue weighted by molar-refractivity contribution is -0.141. The van der Waals surface area contributed by atoms with Crippen LogP contribution in [0.3, 0.4) is 0 Å². The third-order valence-corrected chi connectivity index (χ3v) is 4.24. The largest absolute Gasteiger partial charge is 0.441 e. The Morgan fingerprint density at radius 3 is 2.74 bits per heavy atom. The number of aryl methyl sites for hydroxylation is 1. The van der Waals surface area contributed by atoms with Gasteiger partial charge in [-0.3, -0.25) is 9.69 Å². The Balaban J connectivity index is 1.42. The molecule has 124 valence electrons. The molecule has 1 N–H and O–H groups in total. The van der Waals surface area contributed by atoms with E-state index in [4.69, 9.17) is 4.42 Å². The lowest BCUT2D eigenvalue weighted by Crippen LogP contribution is -2.51. The summed E-state index contributed by atoms with van der Waals surface area (Å²) in [6, 6.07) is 7.80. The smallest absolute Gasteiger partial charge is 0.251 e. The molecule has 1 aromatic carbocycles. The molecule has 1 amide bonds. The summed E-state index contributed by atoms with van der Waals surface area (Å²) in [4.78, 5) is 20.3. The number of hydrogen-bond donors (Lipinski definition) is 1. The molecule has 6 heteroatoms. The van der Waals surface area contributed by atoms with Crippen molar-refractivity contribution in [3.8, 4) is 0 Å². The summed E-state index contributed by atoms with van der Waals surface area (Å²) in [7, 11) is 0. The highest BCUT2D eigenvalue weighted by molar-refractivity contribution is 5.80. The first-order valence-electron chi connectivity index (χ1n) is 8.17. The molecule has 1 aliphatic heterocycles. The standard InChI is InChI=1S/C17H23N3O3/c1-13(21)17(22)20-11-9-19(10-12-20)8-4-7-16-18-14-5-2-3-6-15(14)23-16/h2-3,5-6,13,21H,4,7-12H2,1H3. The normalized spacial score (nSPS) is 17.6. The van der Waals surface area contributed by atoms with Crippen LogP contribution in [0.2, 0.25) is 0 Å². The number of benzene rings is 1. The van der Waals surface area contributed by atoms with Crippen LogP contribution in [0.5, 0.6) is 0 Å². The van der Waals surface area contributed by atoms with E-state index in [0.717, 1.165) is 49.5 Å². The molecule has 1 fully saturated rings. The van der Waals surface area contributed by atoms with Crippen molar-refractivity contribution < 1.29 is 14.3 Å². The van der Waals surface area contributed by atoms with Crippen molar-refractivity contribution in [3.05, 3.63) is 30.2 Å². The van der Waals surface area contributed by atoms with E-state index in [1.165, 1.54) is 6.92 Å². The van der Waals surface area contributed by atoms with Crippen molar-refractivity contribution in [2.45, 2.75) is 25.9 Å². The van der Waals surface area contributed by atoms with Crippen molar-refractivity contribution in [1.29, 1.82) is 0 Å². The van der Waals surface area contributed by atoms with Crippen LogP contribution in [0.15, 0.2) is 28.7 Å². The molecule has 1 aromatic heterocycles. The van der Waals surface area contributed by atoms with Crippen molar-refractivity contribution in [1.82, 2.24) is 14.8 Å². The number of carbonyl (C=O) groups excluding carboxylic acids is 1. The molecule has 3 rings (SSSR count). The van der Waals surface area contributed by atoms with Gasteiger partial charge in [-0.15, -0.1) is 0 Å². The Morgan fingerprint density at radius 1 is 1.30 bits per heavy atom. The summed E-state index contributed by atoms with van der Waals surface area (Å²) < 4.78 is 5.72. The highest BCUT2D eigenvalue weighted by Gasteiger charge is 2.23. The van der Waals surface area contributed by atoms with Gasteiger partial charge in [0.05, 0.1) is 0 Å². The van der Waals surface area contributed by atoms with Gasteiger partial charge in [0.2, 0.25) is 0 Å². The fourth-order valence-corrected chi connectivity index (χ4v) is 2.94. The Morgan fingerprint density at radius 2 is 2.04 bits per heavy atom. The molecule has 0 saturated carbocycles. The number of hydrogen-bond acceptors (Lipinski definition) is 5. The Bertz CT molecular complexity index is 627. The Labute approximate surface area is 135 Å². The summed E-state index contributed by atoms with van der Waals surface area (Å²) in [6.45, 7) is 5.57. The first-order chi connectivity index (χ1) is 11.1. The molecule has 1 unspecified atom stereocenters. The van der Waals surface area contributed by atoms with Crippen LogP contribution in [-0.4, -0.2) is 64.6 Å². The fourth-order valence-electron chi connectivity index (χ4n) is 2.94. The number of rotatable bonds is 5. The van der Waals surface area contributed by atoms with Crippen LogP contribution >= 0.6 is 0 Å². The van der Waals surface area contributed by atoms with Gasteiger partial charge < -0.3 is 14.4 Å². The summed E-state index contributed by atoms with van der Waals surface area (Å²) in [5, 5.41) is 9.34. The second-order valence-electron chi connectivity index (χ2n) is 6.02. The molecular weight excluding hydrogens is 294 g/mol. The zero-order valence-electron chi connectivity index (χ0n) is 13.4. The predicted octanol–water partition coefficient (Wildman–Crippen LogP) is 1.29. The summed E-state index contributed by atoms with van der Waals surface area (Å²) in [5.74, 6) is 0.616. The Hall–Kier alpha value is -1.92. The average molecular weight is 317 g/mol. The first-order valence-corrected chi connectivity index (χ1v) is 8.17. The van der Waals surface area contributed by atoms with Crippen LogP contribution in [0.1, 0.15) is 19.2 Å². The van der Waals surface area contributed by atoms with Gasteiger partial charge in [-0.25, -0.2) is 4.98 Å². The lowest BCUT2D eigenvalue weighted by atomic mass is 10.2. The van der Waals surface area contributed by atoms with Gasteiger partial charge in [0.15, 0.2) is 11.5 Å². The molecule has 1 atom stereocenters. The highest BCUT2D eigenvalue weighted by atomic mass is 16.3. The molecule has 6 nitrogen and oxygen atoms in total. The summed E-state index contributed by atoms with van der Waals surface area (Å²) in [5.41, 5.74) is 1.75. The van der Waals surface area contributed by atoms with E-state index >= 15 is 0 Å². The molecular formula is C17H23N3O3. The first kappa shape index (κ1) is 16.0. The van der Waals surface area contributed by atoms with E-state index in [1.54, 1.807) is 4.90 Å². The molecule has 0 radical (unpaired) electrons. The van der Waals surface area contributed by atoms with E-state index in [9.17, 15) is 9.90 Å². The van der Waals surface area contributed by atoms with Crippen molar-refractivity contribution in [2.75, 3.05) is 32.7 Å². The van der Waals surface area contributed by atoms with Gasteiger partial charge in [-0.05, 0) is 32.0 Å². The molecule has 2 heterocycles. The predicted molar refractivity (Wildman–Crippen MR) is 87.0 cm³/mol. The molecule has 1 saturated heterocycles. The zero-order valence-corrected chi connectivity index (χ0v) is 13.4. The highest BCUT2D eigenvalue weighted by Crippen LogP contribution is 2.16. The number of para-hydroxylation sites is 2. The molecule has 0 aliphatic carbocycles. The van der Waals surface area contributed by atoms with Crippen molar-refractivity contribution in [3.63, 3.8) is 0 Å². The molecule has 1 aliphatic rings. The van der Waals surface area contributed by atoms with Crippen LogP contribution in [-0.2, 0) is 11.2 Å². The number of fused-ring (bicyclic) bond motifs is 1. The lowest BCUT2D eigenvalue weighted by Gasteiger charge is -2.35. The maximum absolute atomic E-state index is 11.7. The number of carbonyl (C=O) groups is 1. The van der Waals surface area contributed by atoms with Crippen molar-refractivity contribution in [2.24, 2.45) is 0 Å². The maximum Gasteiger partial charge on any atom is 0.251 e. The number of aliphatic hydroxyl groups excluding tert-OH is 1. The van der Waals surface area contributed by atoms with Crippen LogP contribution in [0.4, 0.5) is 0 Å². The van der Waals surface area contributed by atoms with Crippen LogP contribution < -0.4 is 0 Å². The number of aromatic nitrogens is 1. The molecule has 0 bridgehead atoms. The van der Waals surface area contributed by atoms with Gasteiger partial charge in [-0.2, -0.15) is 0 Å². The SMILES string of the molecule is CC(O)C(=O)N1CCN(CCCc2nc3ccccc3o2)CC1. The number of nitrogens with zero attached hydrogens (tertiary/aromatic N) is 3. The van der Waals surface area contributed by atoms with E-state index in [2.05, 4.69) is 9.88 Å². The maximum atomic E-state index is 11.7. The van der Waals surface area contributed by atoms with E-state index in [0.29, 0.717) is 13.1 Å². The van der Waals surface area contributed by atoms with Crippen LogP contribution in [0, 0.1) is 0 Å². The quantitative estimate of drug-likeness (QED) is 0.900. The second kappa shape index (κ2) is 7.10. The van der Waals surface area contributed by atoms with Gasteiger partial charge >= 0.3 is 0 Å². The minimum atomic E-state index is -0.902. The molecule has 2 aromatic rings. The minimum absolute atomic E-state index is 0.170. The second-order valence-corrected chi connectivity index (χ2v) is 6.02. The van der Waals surface area contributed by atoms with Crippen molar-refractivity contribution >= 4 is 17.0 Å². The van der Waals surface area contributed by atoms with E-state index in [1.807, 2.05) is 24.3 Å². The van der Waals surface area contributed by atoms with E-state index in [-0.39, 0.29) is 5.91 Å². The van der Waals surface area contributed by atoms with Gasteiger partial charge in [-0.1, -0.05) is 12.1 Å². The average Bonchev–Trinajstić information content (AvgIpc) is 2.97. The van der Waals surface area contributed by atoms with Gasteiger partial charge in [0.1, 0.15) is 11.6 Å². The number of oxazole rings is 1. The third-order valence-electron chi connectivity index (χ3n) is 4.24. The number of amides is 1. The third kappa shape index (κ3) is 3.89. The van der Waals surface area contributed by atoms with E-state index < -0.39 is 6.10 Å². The summed E-state index contributed by atoms with van der Waals surface area (Å²) >= 11 is 0. The monoisotopic (exact) mass is 317 g/mol. The van der Waals surface area contributed by atoms with Gasteiger partial charge in [0.25, 0.3) is 5.91 Å². The number of piperazine rings is 1. The number of aliphatic hydroxyl groups is 1. The minimum Gasteiger partial charge on any atom is -0.441 e. The molecule has 0 spiro atoms. The van der Waals surface area contributed by atoms with Gasteiger partial charge in [0, 0.05) is 32.6 Å². The Kier molecular flexibility index (Phi) is 4.93.